The number of anilines is 3. The molecular weight excluding hydrogens is 302 g/mol. The molecule has 0 aliphatic carbocycles. The molecule has 0 aliphatic rings. The van der Waals surface area contributed by atoms with E-state index in [-0.39, 0.29) is 5.91 Å². The van der Waals surface area contributed by atoms with E-state index in [0.717, 1.165) is 11.3 Å². The van der Waals surface area contributed by atoms with Gasteiger partial charge in [0.05, 0.1) is 5.69 Å². The van der Waals surface area contributed by atoms with Crippen LogP contribution in [0.5, 0.6) is 0 Å². The van der Waals surface area contributed by atoms with Crippen molar-refractivity contribution in [1.29, 1.82) is 0 Å². The highest BCUT2D eigenvalue weighted by molar-refractivity contribution is 6.04. The van der Waals surface area contributed by atoms with Gasteiger partial charge < -0.3 is 16.4 Å². The quantitative estimate of drug-likeness (QED) is 0.643. The Kier molecular flexibility index (Phi) is 4.38. The molecule has 120 valence electrons. The van der Waals surface area contributed by atoms with E-state index < -0.39 is 0 Å². The number of nitrogens with zero attached hydrogens (tertiary/aromatic N) is 2. The third-order valence-corrected chi connectivity index (χ3v) is 3.41. The highest BCUT2D eigenvalue weighted by atomic mass is 16.1. The first-order valence-electron chi connectivity index (χ1n) is 7.45. The zero-order chi connectivity index (χ0) is 16.9. The Balaban J connectivity index is 1.92. The molecule has 6 heteroatoms. The minimum absolute atomic E-state index is 0.276. The minimum atomic E-state index is -0.276. The van der Waals surface area contributed by atoms with Crippen molar-refractivity contribution in [2.45, 2.75) is 0 Å². The third-order valence-electron chi connectivity index (χ3n) is 3.41. The summed E-state index contributed by atoms with van der Waals surface area (Å²) in [5, 5.41) is 5.69. The largest absolute Gasteiger partial charge is 0.399 e. The first-order chi connectivity index (χ1) is 11.7. The maximum absolute atomic E-state index is 12.4. The number of nitrogens with one attached hydrogen (secondary N) is 2. The van der Waals surface area contributed by atoms with E-state index in [2.05, 4.69) is 20.6 Å². The van der Waals surface area contributed by atoms with Crippen LogP contribution in [-0.4, -0.2) is 22.9 Å². The van der Waals surface area contributed by atoms with Crippen LogP contribution in [0.2, 0.25) is 0 Å². The van der Waals surface area contributed by atoms with Crippen molar-refractivity contribution in [3.05, 3.63) is 66.2 Å². The van der Waals surface area contributed by atoms with Crippen molar-refractivity contribution >= 4 is 23.4 Å². The van der Waals surface area contributed by atoms with E-state index in [1.54, 1.807) is 37.4 Å². The number of amides is 1. The van der Waals surface area contributed by atoms with Gasteiger partial charge in [0, 0.05) is 29.9 Å². The van der Waals surface area contributed by atoms with Crippen molar-refractivity contribution in [3.8, 4) is 11.3 Å². The Bertz CT molecular complexity index is 864. The topological polar surface area (TPSA) is 92.9 Å². The fourth-order valence-corrected chi connectivity index (χ4v) is 2.25. The molecule has 4 N–H and O–H groups in total. The zero-order valence-corrected chi connectivity index (χ0v) is 13.2. The highest BCUT2D eigenvalue weighted by Gasteiger charge is 2.10. The van der Waals surface area contributed by atoms with Gasteiger partial charge in [-0.3, -0.25) is 4.79 Å². The lowest BCUT2D eigenvalue weighted by Gasteiger charge is -2.09. The summed E-state index contributed by atoms with van der Waals surface area (Å²) in [6, 6.07) is 18.2. The van der Waals surface area contributed by atoms with Crippen molar-refractivity contribution in [2.75, 3.05) is 23.4 Å². The van der Waals surface area contributed by atoms with Gasteiger partial charge in [-0.1, -0.05) is 36.4 Å². The van der Waals surface area contributed by atoms with Crippen molar-refractivity contribution in [1.82, 2.24) is 9.97 Å². The molecule has 3 aromatic rings. The van der Waals surface area contributed by atoms with E-state index in [4.69, 9.17) is 5.73 Å². The highest BCUT2D eigenvalue weighted by Crippen LogP contribution is 2.21. The Morgan fingerprint density at radius 2 is 1.79 bits per heavy atom. The van der Waals surface area contributed by atoms with Gasteiger partial charge in [0.15, 0.2) is 0 Å². The molecule has 0 aliphatic heterocycles. The predicted octanol–water partition coefficient (Wildman–Crippen LogP) is 3.02. The van der Waals surface area contributed by atoms with Gasteiger partial charge in [0.1, 0.15) is 5.82 Å². The first kappa shape index (κ1) is 15.5. The van der Waals surface area contributed by atoms with Crippen LogP contribution in [0.4, 0.5) is 17.5 Å². The molecule has 0 saturated heterocycles. The lowest BCUT2D eigenvalue weighted by molar-refractivity contribution is 0.102. The maximum atomic E-state index is 12.4. The molecular formula is C18H17N5O. The molecule has 6 nitrogen and oxygen atoms in total. The average Bonchev–Trinajstić information content (AvgIpc) is 2.62. The van der Waals surface area contributed by atoms with Gasteiger partial charge in [-0.2, -0.15) is 4.98 Å². The van der Waals surface area contributed by atoms with Gasteiger partial charge in [-0.25, -0.2) is 4.98 Å². The molecule has 0 bridgehead atoms. The summed E-state index contributed by atoms with van der Waals surface area (Å²) in [5.41, 5.74) is 8.39. The summed E-state index contributed by atoms with van der Waals surface area (Å²) in [4.78, 5) is 21.1. The van der Waals surface area contributed by atoms with E-state index >= 15 is 0 Å². The van der Waals surface area contributed by atoms with Crippen molar-refractivity contribution in [3.63, 3.8) is 0 Å². The number of nitrogen functional groups attached to an aromatic ring is 1. The smallest absolute Gasteiger partial charge is 0.256 e. The fourth-order valence-electron chi connectivity index (χ4n) is 2.25. The molecule has 0 radical (unpaired) electrons. The van der Waals surface area contributed by atoms with E-state index in [0.29, 0.717) is 23.0 Å². The normalized spacial score (nSPS) is 10.2. The van der Waals surface area contributed by atoms with Crippen molar-refractivity contribution in [2.24, 2.45) is 0 Å². The van der Waals surface area contributed by atoms with Crippen LogP contribution >= 0.6 is 0 Å². The molecule has 0 saturated carbocycles. The average molecular weight is 319 g/mol. The summed E-state index contributed by atoms with van der Waals surface area (Å²) in [6.45, 7) is 0. The molecule has 2 aromatic carbocycles. The Morgan fingerprint density at radius 1 is 1.00 bits per heavy atom. The summed E-state index contributed by atoms with van der Waals surface area (Å²) >= 11 is 0. The first-order valence-corrected chi connectivity index (χ1v) is 7.45. The monoisotopic (exact) mass is 319 g/mol. The molecule has 0 unspecified atom stereocenters. The third kappa shape index (κ3) is 3.49. The number of nitrogens with two attached hydrogens (primary N) is 1. The van der Waals surface area contributed by atoms with E-state index in [1.807, 2.05) is 30.3 Å². The van der Waals surface area contributed by atoms with Crippen molar-refractivity contribution < 1.29 is 4.79 Å². The number of aromatic nitrogens is 2. The van der Waals surface area contributed by atoms with Crippen LogP contribution in [-0.2, 0) is 0 Å². The van der Waals surface area contributed by atoms with Crippen LogP contribution in [0.1, 0.15) is 10.4 Å². The second kappa shape index (κ2) is 6.78. The van der Waals surface area contributed by atoms with Gasteiger partial charge in [0.2, 0.25) is 5.95 Å². The molecule has 3 rings (SSSR count). The molecule has 1 amide bonds. The van der Waals surface area contributed by atoms with E-state index in [9.17, 15) is 4.79 Å². The fraction of sp³-hybridized carbons (Fsp3) is 0.0556. The van der Waals surface area contributed by atoms with Crippen LogP contribution in [0.25, 0.3) is 11.3 Å². The summed E-state index contributed by atoms with van der Waals surface area (Å²) < 4.78 is 0. The van der Waals surface area contributed by atoms with Gasteiger partial charge >= 0.3 is 0 Å². The maximum Gasteiger partial charge on any atom is 0.256 e. The Morgan fingerprint density at radius 3 is 2.50 bits per heavy atom. The summed E-state index contributed by atoms with van der Waals surface area (Å²) in [7, 11) is 1.73. The summed E-state index contributed by atoms with van der Waals surface area (Å²) in [6.07, 6.45) is 0. The number of rotatable bonds is 4. The van der Waals surface area contributed by atoms with Gasteiger partial charge in [-0.15, -0.1) is 0 Å². The van der Waals surface area contributed by atoms with Gasteiger partial charge in [-0.05, 0) is 18.2 Å². The minimum Gasteiger partial charge on any atom is -0.399 e. The number of hydrogen-bond donors (Lipinski definition) is 3. The lowest BCUT2D eigenvalue weighted by Crippen LogP contribution is -2.14. The Hall–Kier alpha value is -3.41. The number of carbonyl (C=O) groups is 1. The van der Waals surface area contributed by atoms with E-state index in [1.165, 1.54) is 0 Å². The Labute approximate surface area is 139 Å². The molecule has 0 fully saturated rings. The summed E-state index contributed by atoms with van der Waals surface area (Å²) in [5.74, 6) is 0.571. The molecule has 0 spiro atoms. The molecule has 24 heavy (non-hydrogen) atoms. The molecule has 1 heterocycles. The van der Waals surface area contributed by atoms with Crippen LogP contribution in [0, 0.1) is 0 Å². The SMILES string of the molecule is CNc1nc(NC(=O)c2cccc(N)c2)cc(-c2ccccc2)n1. The molecule has 0 atom stereocenters. The lowest BCUT2D eigenvalue weighted by atomic mass is 10.1. The number of hydrogen-bond acceptors (Lipinski definition) is 5. The van der Waals surface area contributed by atoms with Crippen LogP contribution < -0.4 is 16.4 Å². The second-order valence-corrected chi connectivity index (χ2v) is 5.16. The number of benzene rings is 2. The standard InChI is InChI=1S/C18H17N5O/c1-20-18-21-15(12-6-3-2-4-7-12)11-16(23-18)22-17(24)13-8-5-9-14(19)10-13/h2-11H,19H2,1H3,(H2,20,21,22,23,24). The zero-order valence-electron chi connectivity index (χ0n) is 13.2. The predicted molar refractivity (Wildman–Crippen MR) is 95.8 cm³/mol. The van der Waals surface area contributed by atoms with Crippen LogP contribution in [0.15, 0.2) is 60.7 Å². The number of carbonyl (C=O) groups excluding carboxylic acids is 1. The second-order valence-electron chi connectivity index (χ2n) is 5.16. The van der Waals surface area contributed by atoms with Crippen LogP contribution in [0.3, 0.4) is 0 Å². The van der Waals surface area contributed by atoms with Gasteiger partial charge in [0.25, 0.3) is 5.91 Å². The molecule has 1 aromatic heterocycles.